The van der Waals surface area contributed by atoms with Gasteiger partial charge >= 0.3 is 5.97 Å². The summed E-state index contributed by atoms with van der Waals surface area (Å²) in [5, 5.41) is 9.79. The fraction of sp³-hybridized carbons (Fsp3) is 0.250. The molecule has 3 nitrogen and oxygen atoms in total. The van der Waals surface area contributed by atoms with Crippen molar-refractivity contribution in [1.82, 2.24) is 0 Å². The Morgan fingerprint density at radius 3 is 2.53 bits per heavy atom. The SMILES string of the molecule is Cc1oc2c(C)ccc(C(=O)O)c2c1C. The number of carboxylic acid groups (broad SMARTS) is 1. The van der Waals surface area contributed by atoms with Gasteiger partial charge in [0.2, 0.25) is 0 Å². The van der Waals surface area contributed by atoms with Crippen molar-refractivity contribution in [2.45, 2.75) is 20.8 Å². The van der Waals surface area contributed by atoms with Gasteiger partial charge in [-0.05, 0) is 38.0 Å². The lowest BCUT2D eigenvalue weighted by atomic mass is 10.0. The lowest BCUT2D eigenvalue weighted by Crippen LogP contribution is -1.97. The van der Waals surface area contributed by atoms with Crippen LogP contribution in [0.25, 0.3) is 11.0 Å². The van der Waals surface area contributed by atoms with E-state index in [9.17, 15) is 4.79 Å². The molecule has 0 unspecified atom stereocenters. The topological polar surface area (TPSA) is 50.4 Å². The Balaban J connectivity index is 2.96. The van der Waals surface area contributed by atoms with Crippen LogP contribution in [0.5, 0.6) is 0 Å². The summed E-state index contributed by atoms with van der Waals surface area (Å²) in [4.78, 5) is 11.0. The Morgan fingerprint density at radius 2 is 1.93 bits per heavy atom. The Morgan fingerprint density at radius 1 is 1.27 bits per heavy atom. The molecular formula is C12H12O3. The first-order valence-electron chi connectivity index (χ1n) is 4.75. The third-order valence-corrected chi connectivity index (χ3v) is 2.74. The molecule has 2 aromatic rings. The quantitative estimate of drug-likeness (QED) is 0.776. The second kappa shape index (κ2) is 3.12. The van der Waals surface area contributed by atoms with E-state index in [4.69, 9.17) is 9.52 Å². The van der Waals surface area contributed by atoms with E-state index in [1.54, 1.807) is 12.1 Å². The van der Waals surface area contributed by atoms with Gasteiger partial charge in [0, 0.05) is 5.39 Å². The van der Waals surface area contributed by atoms with Crippen molar-refractivity contribution in [3.63, 3.8) is 0 Å². The largest absolute Gasteiger partial charge is 0.478 e. The maximum Gasteiger partial charge on any atom is 0.336 e. The van der Waals surface area contributed by atoms with Crippen LogP contribution in [0, 0.1) is 20.8 Å². The van der Waals surface area contributed by atoms with Gasteiger partial charge in [0.15, 0.2) is 0 Å². The number of benzene rings is 1. The third kappa shape index (κ3) is 1.31. The van der Waals surface area contributed by atoms with E-state index in [0.29, 0.717) is 11.1 Å². The molecule has 0 saturated heterocycles. The fourth-order valence-corrected chi connectivity index (χ4v) is 1.77. The second-order valence-electron chi connectivity index (χ2n) is 3.72. The van der Waals surface area contributed by atoms with Crippen LogP contribution in [0.4, 0.5) is 0 Å². The second-order valence-corrected chi connectivity index (χ2v) is 3.72. The molecule has 1 aromatic carbocycles. The summed E-state index contributed by atoms with van der Waals surface area (Å²) in [7, 11) is 0. The number of carbonyl (C=O) groups is 1. The molecule has 0 aliphatic rings. The van der Waals surface area contributed by atoms with Gasteiger partial charge in [0.05, 0.1) is 5.56 Å². The van der Waals surface area contributed by atoms with E-state index in [1.165, 1.54) is 0 Å². The molecule has 0 aliphatic carbocycles. The van der Waals surface area contributed by atoms with Gasteiger partial charge in [-0.3, -0.25) is 0 Å². The summed E-state index contributed by atoms with van der Waals surface area (Å²) in [6, 6.07) is 3.40. The Bertz CT molecular complexity index is 549. The van der Waals surface area contributed by atoms with Crippen LogP contribution >= 0.6 is 0 Å². The number of fused-ring (bicyclic) bond motifs is 1. The minimum absolute atomic E-state index is 0.310. The minimum Gasteiger partial charge on any atom is -0.478 e. The molecule has 0 aliphatic heterocycles. The number of rotatable bonds is 1. The van der Waals surface area contributed by atoms with Crippen molar-refractivity contribution < 1.29 is 14.3 Å². The summed E-state index contributed by atoms with van der Waals surface area (Å²) in [6.45, 7) is 5.64. The van der Waals surface area contributed by atoms with E-state index in [0.717, 1.165) is 22.3 Å². The standard InChI is InChI=1S/C12H12O3/c1-6-4-5-9(12(13)14)10-7(2)8(3)15-11(6)10/h4-5H,1-3H3,(H,13,14). The molecular weight excluding hydrogens is 192 g/mol. The van der Waals surface area contributed by atoms with Gasteiger partial charge in [-0.1, -0.05) is 6.07 Å². The van der Waals surface area contributed by atoms with Crippen LogP contribution in [0.15, 0.2) is 16.5 Å². The molecule has 0 fully saturated rings. The Labute approximate surface area is 87.3 Å². The van der Waals surface area contributed by atoms with Crippen molar-refractivity contribution in [2.24, 2.45) is 0 Å². The zero-order valence-corrected chi connectivity index (χ0v) is 8.92. The maximum absolute atomic E-state index is 11.0. The first kappa shape index (κ1) is 9.77. The van der Waals surface area contributed by atoms with Crippen LogP contribution < -0.4 is 0 Å². The lowest BCUT2D eigenvalue weighted by Gasteiger charge is -1.99. The van der Waals surface area contributed by atoms with Crippen molar-refractivity contribution in [1.29, 1.82) is 0 Å². The Hall–Kier alpha value is -1.77. The average Bonchev–Trinajstić information content (AvgIpc) is 2.46. The minimum atomic E-state index is -0.913. The zero-order chi connectivity index (χ0) is 11.2. The van der Waals surface area contributed by atoms with E-state index in [1.807, 2.05) is 20.8 Å². The molecule has 0 saturated carbocycles. The normalized spacial score (nSPS) is 10.9. The van der Waals surface area contributed by atoms with Gasteiger partial charge in [-0.25, -0.2) is 4.79 Å². The van der Waals surface area contributed by atoms with Crippen LogP contribution in [-0.2, 0) is 0 Å². The van der Waals surface area contributed by atoms with Crippen molar-refractivity contribution in [2.75, 3.05) is 0 Å². The summed E-state index contributed by atoms with van der Waals surface area (Å²) in [5.41, 5.74) is 2.87. The summed E-state index contributed by atoms with van der Waals surface area (Å²) in [5.74, 6) is -0.134. The monoisotopic (exact) mass is 204 g/mol. The highest BCUT2D eigenvalue weighted by Crippen LogP contribution is 2.30. The van der Waals surface area contributed by atoms with Gasteiger partial charge in [-0.15, -0.1) is 0 Å². The Kier molecular flexibility index (Phi) is 2.03. The molecule has 15 heavy (non-hydrogen) atoms. The summed E-state index contributed by atoms with van der Waals surface area (Å²) >= 11 is 0. The molecule has 0 spiro atoms. The van der Waals surface area contributed by atoms with Crippen molar-refractivity contribution in [3.8, 4) is 0 Å². The van der Waals surface area contributed by atoms with Crippen LogP contribution in [0.3, 0.4) is 0 Å². The molecule has 0 atom stereocenters. The van der Waals surface area contributed by atoms with Crippen molar-refractivity contribution >= 4 is 16.9 Å². The average molecular weight is 204 g/mol. The van der Waals surface area contributed by atoms with Crippen LogP contribution in [0.2, 0.25) is 0 Å². The van der Waals surface area contributed by atoms with Crippen LogP contribution in [-0.4, -0.2) is 11.1 Å². The highest BCUT2D eigenvalue weighted by Gasteiger charge is 2.16. The maximum atomic E-state index is 11.0. The first-order chi connectivity index (χ1) is 7.02. The number of hydrogen-bond acceptors (Lipinski definition) is 2. The predicted molar refractivity (Wildman–Crippen MR) is 57.4 cm³/mol. The van der Waals surface area contributed by atoms with Crippen LogP contribution in [0.1, 0.15) is 27.2 Å². The third-order valence-electron chi connectivity index (χ3n) is 2.74. The van der Waals surface area contributed by atoms with Gasteiger partial charge in [0.1, 0.15) is 11.3 Å². The predicted octanol–water partition coefficient (Wildman–Crippen LogP) is 3.06. The number of aromatic carboxylic acids is 1. The highest BCUT2D eigenvalue weighted by atomic mass is 16.4. The van der Waals surface area contributed by atoms with E-state index < -0.39 is 5.97 Å². The highest BCUT2D eigenvalue weighted by molar-refractivity contribution is 6.04. The molecule has 3 heteroatoms. The molecule has 0 radical (unpaired) electrons. The lowest BCUT2D eigenvalue weighted by molar-refractivity contribution is 0.0699. The number of carboxylic acids is 1. The smallest absolute Gasteiger partial charge is 0.336 e. The molecule has 78 valence electrons. The molecule has 0 bridgehead atoms. The molecule has 1 N–H and O–H groups in total. The molecule has 2 rings (SSSR count). The van der Waals surface area contributed by atoms with Gasteiger partial charge in [-0.2, -0.15) is 0 Å². The molecule has 1 aromatic heterocycles. The molecule has 1 heterocycles. The van der Waals surface area contributed by atoms with E-state index in [2.05, 4.69) is 0 Å². The van der Waals surface area contributed by atoms with Crippen molar-refractivity contribution in [3.05, 3.63) is 34.6 Å². The number of furan rings is 1. The molecule has 0 amide bonds. The van der Waals surface area contributed by atoms with Gasteiger partial charge in [0.25, 0.3) is 0 Å². The summed E-state index contributed by atoms with van der Waals surface area (Å²) < 4.78 is 5.56. The summed E-state index contributed by atoms with van der Waals surface area (Å²) in [6.07, 6.45) is 0. The van der Waals surface area contributed by atoms with Gasteiger partial charge < -0.3 is 9.52 Å². The van der Waals surface area contributed by atoms with E-state index in [-0.39, 0.29) is 0 Å². The van der Waals surface area contributed by atoms with E-state index >= 15 is 0 Å². The number of aryl methyl sites for hydroxylation is 3. The fourth-order valence-electron chi connectivity index (χ4n) is 1.77. The number of hydrogen-bond donors (Lipinski definition) is 1. The first-order valence-corrected chi connectivity index (χ1v) is 4.75. The zero-order valence-electron chi connectivity index (χ0n) is 8.92.